The first-order chi connectivity index (χ1) is 13.8. The Morgan fingerprint density at radius 3 is 2.38 bits per heavy atom. The fraction of sp³-hybridized carbons (Fsp3) is 0.286. The smallest absolute Gasteiger partial charge is 0.340 e. The summed E-state index contributed by atoms with van der Waals surface area (Å²) in [6.45, 7) is 7.34. The van der Waals surface area contributed by atoms with Crippen LogP contribution in [0.3, 0.4) is 0 Å². The Kier molecular flexibility index (Phi) is 6.62. The molecule has 29 heavy (non-hydrogen) atoms. The lowest BCUT2D eigenvalue weighted by Gasteiger charge is -2.35. The highest BCUT2D eigenvalue weighted by atomic mass is 35.5. The third kappa shape index (κ3) is 4.98. The standard InChI is InChI=1S/C21H23ClN2O4S/c1-16(2)15-28-21(25)19-14-18(8-9-20(19)22)29(26,27)24-12-10-23(11-13-24)17-6-4-3-5-7-17/h3-9,14H,1,10-13,15H2,2H3. The van der Waals surface area contributed by atoms with E-state index >= 15 is 0 Å². The summed E-state index contributed by atoms with van der Waals surface area (Å²) in [7, 11) is -3.75. The molecule has 1 aliphatic heterocycles. The molecule has 3 rings (SSSR count). The summed E-state index contributed by atoms with van der Waals surface area (Å²) >= 11 is 6.09. The monoisotopic (exact) mass is 434 g/mol. The fourth-order valence-electron chi connectivity index (χ4n) is 3.06. The van der Waals surface area contributed by atoms with Crippen molar-refractivity contribution in [2.24, 2.45) is 0 Å². The molecule has 1 saturated heterocycles. The van der Waals surface area contributed by atoms with Crippen molar-refractivity contribution in [3.8, 4) is 0 Å². The summed E-state index contributed by atoms with van der Waals surface area (Å²) in [6, 6.07) is 14.0. The van der Waals surface area contributed by atoms with Crippen LogP contribution in [0.25, 0.3) is 0 Å². The van der Waals surface area contributed by atoms with Gasteiger partial charge in [0.05, 0.1) is 15.5 Å². The number of piperazine rings is 1. The van der Waals surface area contributed by atoms with Crippen molar-refractivity contribution >= 4 is 33.3 Å². The lowest BCUT2D eigenvalue weighted by atomic mass is 10.2. The van der Waals surface area contributed by atoms with E-state index in [0.29, 0.717) is 31.8 Å². The number of carbonyl (C=O) groups excluding carboxylic acids is 1. The first kappa shape index (κ1) is 21.4. The third-order valence-electron chi connectivity index (χ3n) is 4.61. The quantitative estimate of drug-likeness (QED) is 0.513. The van der Waals surface area contributed by atoms with Gasteiger partial charge in [-0.1, -0.05) is 36.4 Å². The maximum atomic E-state index is 13.1. The minimum Gasteiger partial charge on any atom is -0.458 e. The molecule has 0 N–H and O–H groups in total. The van der Waals surface area contributed by atoms with Gasteiger partial charge in [-0.3, -0.25) is 0 Å². The highest BCUT2D eigenvalue weighted by molar-refractivity contribution is 7.89. The lowest BCUT2D eigenvalue weighted by Crippen LogP contribution is -2.48. The van der Waals surface area contributed by atoms with E-state index in [1.165, 1.54) is 22.5 Å². The average molecular weight is 435 g/mol. The van der Waals surface area contributed by atoms with Crippen molar-refractivity contribution in [3.63, 3.8) is 0 Å². The van der Waals surface area contributed by atoms with Gasteiger partial charge in [0.2, 0.25) is 10.0 Å². The van der Waals surface area contributed by atoms with E-state index in [9.17, 15) is 13.2 Å². The number of esters is 1. The number of rotatable bonds is 6. The van der Waals surface area contributed by atoms with Gasteiger partial charge >= 0.3 is 5.97 Å². The van der Waals surface area contributed by atoms with Crippen LogP contribution in [0.2, 0.25) is 5.02 Å². The van der Waals surface area contributed by atoms with Gasteiger partial charge in [0.25, 0.3) is 0 Å². The highest BCUT2D eigenvalue weighted by Crippen LogP contribution is 2.25. The Labute approximate surface area is 176 Å². The molecule has 0 aliphatic carbocycles. The molecule has 0 atom stereocenters. The second-order valence-corrected chi connectivity index (χ2v) is 9.25. The summed E-state index contributed by atoms with van der Waals surface area (Å²) in [5.41, 5.74) is 1.77. The Morgan fingerprint density at radius 1 is 1.10 bits per heavy atom. The number of ether oxygens (including phenoxy) is 1. The Bertz CT molecular complexity index is 1000. The molecule has 1 aliphatic rings. The second kappa shape index (κ2) is 8.98. The normalized spacial score (nSPS) is 15.2. The van der Waals surface area contributed by atoms with Gasteiger partial charge in [0.1, 0.15) is 6.61 Å². The molecule has 0 aromatic heterocycles. The van der Waals surface area contributed by atoms with Gasteiger partial charge < -0.3 is 9.64 Å². The predicted molar refractivity (Wildman–Crippen MR) is 114 cm³/mol. The van der Waals surface area contributed by atoms with Crippen LogP contribution in [0.4, 0.5) is 5.69 Å². The van der Waals surface area contributed by atoms with Crippen molar-refractivity contribution in [1.29, 1.82) is 0 Å². The SMILES string of the molecule is C=C(C)COC(=O)c1cc(S(=O)(=O)N2CCN(c3ccccc3)CC2)ccc1Cl. The van der Waals surface area contributed by atoms with Gasteiger partial charge in [-0.25, -0.2) is 13.2 Å². The Hall–Kier alpha value is -2.35. The molecule has 1 heterocycles. The Morgan fingerprint density at radius 2 is 1.76 bits per heavy atom. The number of hydrogen-bond acceptors (Lipinski definition) is 5. The van der Waals surface area contributed by atoms with Crippen molar-refractivity contribution in [1.82, 2.24) is 4.31 Å². The summed E-state index contributed by atoms with van der Waals surface area (Å²) in [6.07, 6.45) is 0. The summed E-state index contributed by atoms with van der Waals surface area (Å²) in [4.78, 5) is 14.4. The van der Waals surface area contributed by atoms with E-state index in [4.69, 9.17) is 16.3 Å². The van der Waals surface area contributed by atoms with Gasteiger partial charge in [-0.15, -0.1) is 0 Å². The zero-order valence-electron chi connectivity index (χ0n) is 16.2. The van der Waals surface area contributed by atoms with Crippen LogP contribution in [-0.4, -0.2) is 51.5 Å². The third-order valence-corrected chi connectivity index (χ3v) is 6.83. The molecule has 0 radical (unpaired) electrons. The first-order valence-corrected chi connectivity index (χ1v) is 11.0. The van der Waals surface area contributed by atoms with Crippen LogP contribution >= 0.6 is 11.6 Å². The highest BCUT2D eigenvalue weighted by Gasteiger charge is 2.29. The molecule has 0 amide bonds. The molecular formula is C21H23ClN2O4S. The largest absolute Gasteiger partial charge is 0.458 e. The minimum atomic E-state index is -3.75. The van der Waals surface area contributed by atoms with E-state index in [2.05, 4.69) is 11.5 Å². The van der Waals surface area contributed by atoms with Gasteiger partial charge in [-0.2, -0.15) is 4.31 Å². The topological polar surface area (TPSA) is 66.9 Å². The number of sulfonamides is 1. The van der Waals surface area contributed by atoms with E-state index < -0.39 is 16.0 Å². The summed E-state index contributed by atoms with van der Waals surface area (Å²) in [5.74, 6) is -0.677. The van der Waals surface area contributed by atoms with Crippen LogP contribution in [0.1, 0.15) is 17.3 Å². The van der Waals surface area contributed by atoms with Gasteiger partial charge in [-0.05, 0) is 42.8 Å². The van der Waals surface area contributed by atoms with E-state index in [0.717, 1.165) is 5.69 Å². The number of para-hydroxylation sites is 1. The van der Waals surface area contributed by atoms with Gasteiger partial charge in [0.15, 0.2) is 0 Å². The number of carbonyl (C=O) groups is 1. The maximum absolute atomic E-state index is 13.1. The average Bonchev–Trinajstić information content (AvgIpc) is 2.73. The zero-order chi connectivity index (χ0) is 21.0. The van der Waals surface area contributed by atoms with Gasteiger partial charge in [0, 0.05) is 31.9 Å². The summed E-state index contributed by atoms with van der Waals surface area (Å²) < 4.78 is 32.7. The minimum absolute atomic E-state index is 0.0249. The van der Waals surface area contributed by atoms with Crippen molar-refractivity contribution in [2.75, 3.05) is 37.7 Å². The molecule has 154 valence electrons. The molecule has 0 bridgehead atoms. The van der Waals surface area contributed by atoms with Crippen LogP contribution in [0.15, 0.2) is 65.6 Å². The molecule has 0 saturated carbocycles. The molecule has 0 spiro atoms. The molecule has 2 aromatic carbocycles. The molecule has 0 unspecified atom stereocenters. The molecule has 1 fully saturated rings. The molecule has 8 heteroatoms. The van der Waals surface area contributed by atoms with Crippen molar-refractivity contribution in [3.05, 3.63) is 71.3 Å². The van der Waals surface area contributed by atoms with E-state index in [1.54, 1.807) is 6.92 Å². The maximum Gasteiger partial charge on any atom is 0.340 e. The number of benzene rings is 2. The second-order valence-electron chi connectivity index (χ2n) is 6.90. The van der Waals surface area contributed by atoms with E-state index in [-0.39, 0.29) is 22.1 Å². The number of halogens is 1. The number of nitrogens with zero attached hydrogens (tertiary/aromatic N) is 2. The predicted octanol–water partition coefficient (Wildman–Crippen LogP) is 3.58. The van der Waals surface area contributed by atoms with Crippen LogP contribution in [-0.2, 0) is 14.8 Å². The summed E-state index contributed by atoms with van der Waals surface area (Å²) in [5, 5.41) is 0.143. The number of anilines is 1. The zero-order valence-corrected chi connectivity index (χ0v) is 17.7. The number of hydrogen-bond donors (Lipinski definition) is 0. The van der Waals surface area contributed by atoms with Crippen LogP contribution in [0.5, 0.6) is 0 Å². The first-order valence-electron chi connectivity index (χ1n) is 9.20. The lowest BCUT2D eigenvalue weighted by molar-refractivity contribution is 0.0540. The Balaban J connectivity index is 1.75. The molecule has 2 aromatic rings. The molecule has 6 nitrogen and oxygen atoms in total. The fourth-order valence-corrected chi connectivity index (χ4v) is 4.71. The van der Waals surface area contributed by atoms with Crippen molar-refractivity contribution in [2.45, 2.75) is 11.8 Å². The van der Waals surface area contributed by atoms with Crippen LogP contribution in [0, 0.1) is 0 Å². The molecular weight excluding hydrogens is 412 g/mol. The van der Waals surface area contributed by atoms with Crippen molar-refractivity contribution < 1.29 is 17.9 Å². The van der Waals surface area contributed by atoms with Crippen LogP contribution < -0.4 is 4.90 Å². The van der Waals surface area contributed by atoms with E-state index in [1.807, 2.05) is 30.3 Å².